The van der Waals surface area contributed by atoms with Gasteiger partial charge in [0.1, 0.15) is 11.6 Å². The van der Waals surface area contributed by atoms with Gasteiger partial charge >= 0.3 is 0 Å². The minimum Gasteiger partial charge on any atom is -0.354 e. The van der Waals surface area contributed by atoms with E-state index in [1.54, 1.807) is 0 Å². The Balaban J connectivity index is 1.69. The highest BCUT2D eigenvalue weighted by Gasteiger charge is 2.25. The summed E-state index contributed by atoms with van der Waals surface area (Å²) in [5, 5.41) is 0. The molecule has 150 valence electrons. The molecule has 2 fully saturated rings. The Labute approximate surface area is 169 Å². The summed E-state index contributed by atoms with van der Waals surface area (Å²) in [7, 11) is 0. The number of piperidine rings is 1. The molecule has 0 spiro atoms. The van der Waals surface area contributed by atoms with Crippen LogP contribution < -0.4 is 9.80 Å². The zero-order chi connectivity index (χ0) is 19.3. The Kier molecular flexibility index (Phi) is 6.10. The van der Waals surface area contributed by atoms with Crippen molar-refractivity contribution in [1.29, 1.82) is 0 Å². The van der Waals surface area contributed by atoms with E-state index >= 15 is 0 Å². The molecule has 0 bridgehead atoms. The number of likely N-dealkylation sites (N-methyl/N-ethyl adjacent to an activating group) is 1. The summed E-state index contributed by atoms with van der Waals surface area (Å²) in [5.74, 6) is 3.04. The molecular weight excluding hydrogens is 346 g/mol. The smallest absolute Gasteiger partial charge is 0.163 e. The minimum atomic E-state index is 0.595. The first-order valence-corrected chi connectivity index (χ1v) is 11.0. The van der Waals surface area contributed by atoms with Crippen LogP contribution in [-0.2, 0) is 0 Å². The molecular formula is C23H33N5. The van der Waals surface area contributed by atoms with Crippen LogP contribution in [0.5, 0.6) is 0 Å². The quantitative estimate of drug-likeness (QED) is 0.783. The lowest BCUT2D eigenvalue weighted by Crippen LogP contribution is -2.46. The van der Waals surface area contributed by atoms with Gasteiger partial charge in [-0.25, -0.2) is 9.97 Å². The first-order chi connectivity index (χ1) is 13.8. The van der Waals surface area contributed by atoms with Gasteiger partial charge in [-0.1, -0.05) is 44.2 Å². The van der Waals surface area contributed by atoms with Crippen LogP contribution >= 0.6 is 0 Å². The first kappa shape index (κ1) is 19.2. The van der Waals surface area contributed by atoms with Gasteiger partial charge in [-0.3, -0.25) is 0 Å². The maximum absolute atomic E-state index is 5.03. The number of piperazine rings is 1. The largest absolute Gasteiger partial charge is 0.354 e. The summed E-state index contributed by atoms with van der Waals surface area (Å²) >= 11 is 0. The third-order valence-corrected chi connectivity index (χ3v) is 6.27. The molecule has 2 aromatic rings. The molecule has 3 heterocycles. The van der Waals surface area contributed by atoms with Gasteiger partial charge in [0.25, 0.3) is 0 Å². The summed E-state index contributed by atoms with van der Waals surface area (Å²) in [4.78, 5) is 17.5. The Hall–Kier alpha value is -2.14. The van der Waals surface area contributed by atoms with E-state index in [1.165, 1.54) is 25.7 Å². The summed E-state index contributed by atoms with van der Waals surface area (Å²) in [6, 6.07) is 13.3. The Morgan fingerprint density at radius 2 is 1.64 bits per heavy atom. The van der Waals surface area contributed by atoms with Crippen LogP contribution in [0.2, 0.25) is 0 Å². The van der Waals surface area contributed by atoms with Crippen LogP contribution in [0.4, 0.5) is 11.6 Å². The molecule has 0 radical (unpaired) electrons. The lowest BCUT2D eigenvalue weighted by molar-refractivity contribution is 0.270. The van der Waals surface area contributed by atoms with Crippen molar-refractivity contribution in [1.82, 2.24) is 14.9 Å². The zero-order valence-electron chi connectivity index (χ0n) is 17.3. The van der Waals surface area contributed by atoms with Gasteiger partial charge in [-0.2, -0.15) is 0 Å². The summed E-state index contributed by atoms with van der Waals surface area (Å²) < 4.78 is 0. The molecule has 0 N–H and O–H groups in total. The number of benzene rings is 1. The fourth-order valence-electron chi connectivity index (χ4n) is 4.47. The van der Waals surface area contributed by atoms with Crippen LogP contribution in [0.15, 0.2) is 36.4 Å². The molecule has 5 heteroatoms. The minimum absolute atomic E-state index is 0.595. The van der Waals surface area contributed by atoms with Gasteiger partial charge in [0.05, 0.1) is 0 Å². The highest BCUT2D eigenvalue weighted by atomic mass is 15.3. The summed E-state index contributed by atoms with van der Waals surface area (Å²) in [6.45, 7) is 11.1. The molecule has 2 aliphatic heterocycles. The second kappa shape index (κ2) is 8.91. The second-order valence-corrected chi connectivity index (χ2v) is 7.95. The Morgan fingerprint density at radius 3 is 2.36 bits per heavy atom. The van der Waals surface area contributed by atoms with Crippen LogP contribution in [0.3, 0.4) is 0 Å². The van der Waals surface area contributed by atoms with Crippen molar-refractivity contribution in [3.05, 3.63) is 36.4 Å². The standard InChI is InChI=1S/C23H33N5/c1-3-20-12-8-9-13-28(20)22-18-21(27-16-14-26(4-2)15-17-27)24-23(25-22)19-10-6-5-7-11-19/h5-7,10-11,18,20H,3-4,8-9,12-17H2,1-2H3. The molecule has 5 nitrogen and oxygen atoms in total. The highest BCUT2D eigenvalue weighted by molar-refractivity contribution is 5.62. The van der Waals surface area contributed by atoms with Crippen molar-refractivity contribution in [2.45, 2.75) is 45.6 Å². The molecule has 0 aliphatic carbocycles. The van der Waals surface area contributed by atoms with Crippen LogP contribution in [0.25, 0.3) is 11.4 Å². The average Bonchev–Trinajstić information content (AvgIpc) is 2.79. The third kappa shape index (κ3) is 4.14. The van der Waals surface area contributed by atoms with E-state index in [0.29, 0.717) is 6.04 Å². The van der Waals surface area contributed by atoms with Crippen molar-refractivity contribution in [2.75, 3.05) is 49.1 Å². The van der Waals surface area contributed by atoms with Crippen molar-refractivity contribution in [2.24, 2.45) is 0 Å². The second-order valence-electron chi connectivity index (χ2n) is 7.95. The van der Waals surface area contributed by atoms with Crippen LogP contribution in [-0.4, -0.2) is 60.2 Å². The molecule has 28 heavy (non-hydrogen) atoms. The first-order valence-electron chi connectivity index (χ1n) is 11.0. The summed E-state index contributed by atoms with van der Waals surface area (Å²) in [6.07, 6.45) is 5.03. The molecule has 4 rings (SSSR count). The Morgan fingerprint density at radius 1 is 0.893 bits per heavy atom. The van der Waals surface area contributed by atoms with E-state index in [2.05, 4.69) is 64.9 Å². The third-order valence-electron chi connectivity index (χ3n) is 6.27. The molecule has 2 saturated heterocycles. The van der Waals surface area contributed by atoms with Gasteiger partial charge in [0.2, 0.25) is 0 Å². The van der Waals surface area contributed by atoms with E-state index < -0.39 is 0 Å². The lowest BCUT2D eigenvalue weighted by atomic mass is 10.00. The van der Waals surface area contributed by atoms with Crippen molar-refractivity contribution < 1.29 is 0 Å². The molecule has 1 atom stereocenters. The number of nitrogens with zero attached hydrogens (tertiary/aromatic N) is 5. The number of anilines is 2. The number of hydrogen-bond acceptors (Lipinski definition) is 5. The number of aromatic nitrogens is 2. The molecule has 1 unspecified atom stereocenters. The van der Waals surface area contributed by atoms with Gasteiger partial charge < -0.3 is 14.7 Å². The topological polar surface area (TPSA) is 35.5 Å². The van der Waals surface area contributed by atoms with Crippen molar-refractivity contribution in [3.8, 4) is 11.4 Å². The molecule has 0 amide bonds. The van der Waals surface area contributed by atoms with Gasteiger partial charge in [0.15, 0.2) is 5.82 Å². The Bertz CT molecular complexity index is 755. The maximum atomic E-state index is 5.03. The van der Waals surface area contributed by atoms with Crippen molar-refractivity contribution in [3.63, 3.8) is 0 Å². The zero-order valence-corrected chi connectivity index (χ0v) is 17.3. The number of hydrogen-bond donors (Lipinski definition) is 0. The van der Waals surface area contributed by atoms with E-state index in [0.717, 1.165) is 62.3 Å². The van der Waals surface area contributed by atoms with Gasteiger partial charge in [-0.15, -0.1) is 0 Å². The van der Waals surface area contributed by atoms with Gasteiger partial charge in [-0.05, 0) is 32.2 Å². The molecule has 1 aromatic carbocycles. The monoisotopic (exact) mass is 379 g/mol. The fourth-order valence-corrected chi connectivity index (χ4v) is 4.47. The molecule has 1 aromatic heterocycles. The lowest BCUT2D eigenvalue weighted by Gasteiger charge is -2.38. The highest BCUT2D eigenvalue weighted by Crippen LogP contribution is 2.30. The van der Waals surface area contributed by atoms with Crippen molar-refractivity contribution >= 4 is 11.6 Å². The maximum Gasteiger partial charge on any atom is 0.163 e. The predicted molar refractivity (Wildman–Crippen MR) is 117 cm³/mol. The predicted octanol–water partition coefficient (Wildman–Crippen LogP) is 4.05. The SMILES string of the molecule is CCC1CCCCN1c1cc(N2CCN(CC)CC2)nc(-c2ccccc2)n1. The summed E-state index contributed by atoms with van der Waals surface area (Å²) in [5.41, 5.74) is 1.10. The average molecular weight is 380 g/mol. The van der Waals surface area contributed by atoms with Crippen LogP contribution in [0, 0.1) is 0 Å². The van der Waals surface area contributed by atoms with E-state index in [-0.39, 0.29) is 0 Å². The normalized spacial score (nSPS) is 21.1. The van der Waals surface area contributed by atoms with E-state index in [1.807, 2.05) is 0 Å². The molecule has 0 saturated carbocycles. The van der Waals surface area contributed by atoms with Gasteiger partial charge in [0, 0.05) is 50.4 Å². The molecule has 2 aliphatic rings. The van der Waals surface area contributed by atoms with E-state index in [9.17, 15) is 0 Å². The van der Waals surface area contributed by atoms with Crippen LogP contribution in [0.1, 0.15) is 39.5 Å². The fraction of sp³-hybridized carbons (Fsp3) is 0.565. The number of rotatable bonds is 5. The van der Waals surface area contributed by atoms with E-state index in [4.69, 9.17) is 9.97 Å².